The van der Waals surface area contributed by atoms with Gasteiger partial charge in [-0.05, 0) is 48.1 Å². The number of fused-ring (bicyclic) bond motifs is 1. The highest BCUT2D eigenvalue weighted by molar-refractivity contribution is 9.10. The Balaban J connectivity index is 2.10. The van der Waals surface area contributed by atoms with Crippen LogP contribution < -0.4 is 0 Å². The van der Waals surface area contributed by atoms with Gasteiger partial charge in [-0.2, -0.15) is 0 Å². The molecular weight excluding hydrogens is 328 g/mol. The second-order valence-electron chi connectivity index (χ2n) is 4.29. The van der Waals surface area contributed by atoms with Gasteiger partial charge >= 0.3 is 0 Å². The Bertz CT molecular complexity index is 797. The van der Waals surface area contributed by atoms with E-state index in [1.54, 1.807) is 6.20 Å². The van der Waals surface area contributed by atoms with Gasteiger partial charge in [0.2, 0.25) is 5.89 Å². The molecule has 0 aromatic carbocycles. The van der Waals surface area contributed by atoms with Crippen LogP contribution in [0.2, 0.25) is 0 Å². The summed E-state index contributed by atoms with van der Waals surface area (Å²) in [4.78, 5) is 11.9. The molecule has 3 aromatic heterocycles. The average molecular weight is 339 g/mol. The van der Waals surface area contributed by atoms with E-state index in [-0.39, 0.29) is 0 Å². The molecule has 0 radical (unpaired) electrons. The molecule has 0 amide bonds. The summed E-state index contributed by atoms with van der Waals surface area (Å²) in [6, 6.07) is 1.95. The maximum absolute atomic E-state index is 5.59. The van der Waals surface area contributed by atoms with E-state index in [9.17, 15) is 0 Å². The molecule has 3 heterocycles. The largest absolute Gasteiger partial charge is 0.444 e. The first-order valence-corrected chi connectivity index (χ1v) is 6.91. The minimum absolute atomic E-state index is 0.474. The molecule has 3 aromatic rings. The van der Waals surface area contributed by atoms with Crippen molar-refractivity contribution >= 4 is 39.3 Å². The second kappa shape index (κ2) is 4.57. The monoisotopic (exact) mass is 338 g/mol. The molecule has 0 saturated carbocycles. The van der Waals surface area contributed by atoms with Gasteiger partial charge in [-0.15, -0.1) is 0 Å². The topological polar surface area (TPSA) is 59.6 Å². The number of hydrogen-bond acceptors (Lipinski definition) is 4. The van der Waals surface area contributed by atoms with Crippen LogP contribution in [0.1, 0.15) is 17.3 Å². The molecule has 0 atom stereocenters. The molecule has 0 bridgehead atoms. The van der Waals surface area contributed by atoms with Gasteiger partial charge in [0.15, 0.2) is 10.4 Å². The summed E-state index contributed by atoms with van der Waals surface area (Å²) in [5.41, 5.74) is 2.58. The molecule has 0 unspecified atom stereocenters. The third-order valence-electron chi connectivity index (χ3n) is 2.94. The normalized spacial score (nSPS) is 11.3. The summed E-state index contributed by atoms with van der Waals surface area (Å²) in [7, 11) is 0. The molecule has 0 fully saturated rings. The molecule has 0 saturated heterocycles. The van der Waals surface area contributed by atoms with E-state index >= 15 is 0 Å². The summed E-state index contributed by atoms with van der Waals surface area (Å²) in [5, 5.41) is 0. The van der Waals surface area contributed by atoms with E-state index in [0.29, 0.717) is 17.2 Å². The third kappa shape index (κ3) is 2.23. The van der Waals surface area contributed by atoms with Gasteiger partial charge < -0.3 is 9.40 Å². The number of nitrogens with one attached hydrogen (secondary N) is 1. The molecule has 0 aliphatic heterocycles. The first-order valence-electron chi connectivity index (χ1n) is 5.71. The number of aryl methyl sites for hydroxylation is 2. The molecule has 0 spiro atoms. The Kier molecular flexibility index (Phi) is 3.02. The van der Waals surface area contributed by atoms with E-state index in [2.05, 4.69) is 30.9 Å². The first kappa shape index (κ1) is 12.6. The number of rotatable bonds is 2. The fourth-order valence-corrected chi connectivity index (χ4v) is 2.50. The van der Waals surface area contributed by atoms with Crippen LogP contribution in [0.5, 0.6) is 0 Å². The van der Waals surface area contributed by atoms with Crippen LogP contribution in [0, 0.1) is 18.6 Å². The van der Waals surface area contributed by atoms with Gasteiger partial charge in [-0.25, -0.2) is 9.97 Å². The molecule has 1 N–H and O–H groups in total. The van der Waals surface area contributed by atoms with Crippen molar-refractivity contribution in [2.75, 3.05) is 0 Å². The smallest absolute Gasteiger partial charge is 0.214 e. The average Bonchev–Trinajstić information content (AvgIpc) is 2.81. The summed E-state index contributed by atoms with van der Waals surface area (Å²) in [6.45, 7) is 4.30. The highest BCUT2D eigenvalue weighted by Crippen LogP contribution is 2.18. The van der Waals surface area contributed by atoms with Gasteiger partial charge in [0.1, 0.15) is 12.3 Å². The Morgan fingerprint density at radius 2 is 2.26 bits per heavy atom. The van der Waals surface area contributed by atoms with Crippen LogP contribution in [0.25, 0.3) is 11.2 Å². The van der Waals surface area contributed by atoms with E-state index in [0.717, 1.165) is 27.1 Å². The van der Waals surface area contributed by atoms with Crippen molar-refractivity contribution in [1.82, 2.24) is 19.5 Å². The first-order chi connectivity index (χ1) is 9.04. The predicted octanol–water partition coefficient (Wildman–Crippen LogP) is 3.51. The van der Waals surface area contributed by atoms with E-state index in [1.807, 2.05) is 24.5 Å². The van der Waals surface area contributed by atoms with Crippen molar-refractivity contribution in [2.45, 2.75) is 20.4 Å². The van der Waals surface area contributed by atoms with Crippen LogP contribution in [-0.4, -0.2) is 19.5 Å². The minimum Gasteiger partial charge on any atom is -0.444 e. The van der Waals surface area contributed by atoms with E-state index < -0.39 is 0 Å². The number of oxazole rings is 1. The molecule has 5 nitrogen and oxygen atoms in total. The Hall–Kier alpha value is -1.47. The molecular formula is C12H11BrN4OS. The number of imidazole rings is 1. The Morgan fingerprint density at radius 1 is 1.47 bits per heavy atom. The third-order valence-corrected chi connectivity index (χ3v) is 3.70. The zero-order chi connectivity index (χ0) is 13.6. The maximum Gasteiger partial charge on any atom is 0.214 e. The van der Waals surface area contributed by atoms with E-state index in [1.165, 1.54) is 0 Å². The second-order valence-corrected chi connectivity index (χ2v) is 5.59. The summed E-state index contributed by atoms with van der Waals surface area (Å²) >= 11 is 8.71. The predicted molar refractivity (Wildman–Crippen MR) is 77.7 cm³/mol. The Morgan fingerprint density at radius 3 is 2.95 bits per heavy atom. The van der Waals surface area contributed by atoms with Crippen LogP contribution in [-0.2, 0) is 6.54 Å². The SMILES string of the molecule is Cc1nc(Cn2c(=S)[nH]c3cc(Br)cnc32)oc1C. The fraction of sp³-hybridized carbons (Fsp3) is 0.250. The van der Waals surface area contributed by atoms with Crippen LogP contribution >= 0.6 is 28.1 Å². The number of pyridine rings is 1. The van der Waals surface area contributed by atoms with Crippen molar-refractivity contribution in [3.05, 3.63) is 38.9 Å². The standard InChI is InChI=1S/C12H11BrN4OS/c1-6-7(2)18-10(15-6)5-17-11-9(16-12(17)19)3-8(13)4-14-11/h3-4H,5H2,1-2H3,(H,16,19). The quantitative estimate of drug-likeness (QED) is 0.726. The van der Waals surface area contributed by atoms with Crippen LogP contribution in [0.4, 0.5) is 0 Å². The number of H-pyrrole nitrogens is 1. The summed E-state index contributed by atoms with van der Waals surface area (Å²) in [6.07, 6.45) is 1.74. The number of aromatic amines is 1. The molecule has 19 heavy (non-hydrogen) atoms. The highest BCUT2D eigenvalue weighted by atomic mass is 79.9. The lowest BCUT2D eigenvalue weighted by Crippen LogP contribution is -2.01. The highest BCUT2D eigenvalue weighted by Gasteiger charge is 2.11. The number of aromatic nitrogens is 4. The lowest BCUT2D eigenvalue weighted by molar-refractivity contribution is 0.458. The van der Waals surface area contributed by atoms with Gasteiger partial charge in [-0.3, -0.25) is 4.57 Å². The van der Waals surface area contributed by atoms with Crippen LogP contribution in [0.15, 0.2) is 21.2 Å². The molecule has 98 valence electrons. The lowest BCUT2D eigenvalue weighted by atomic mass is 10.4. The summed E-state index contributed by atoms with van der Waals surface area (Å²) in [5.74, 6) is 1.47. The number of halogens is 1. The van der Waals surface area contributed by atoms with E-state index in [4.69, 9.17) is 16.6 Å². The zero-order valence-corrected chi connectivity index (χ0v) is 12.8. The van der Waals surface area contributed by atoms with Crippen molar-refractivity contribution in [3.8, 4) is 0 Å². The van der Waals surface area contributed by atoms with Gasteiger partial charge in [0, 0.05) is 10.7 Å². The maximum atomic E-state index is 5.59. The van der Waals surface area contributed by atoms with Gasteiger partial charge in [0.05, 0.1) is 11.2 Å². The van der Waals surface area contributed by atoms with Crippen LogP contribution in [0.3, 0.4) is 0 Å². The fourth-order valence-electron chi connectivity index (χ4n) is 1.91. The molecule has 7 heteroatoms. The van der Waals surface area contributed by atoms with Crippen molar-refractivity contribution < 1.29 is 4.42 Å². The van der Waals surface area contributed by atoms with Gasteiger partial charge in [0.25, 0.3) is 0 Å². The minimum atomic E-state index is 0.474. The molecule has 3 rings (SSSR count). The van der Waals surface area contributed by atoms with Crippen molar-refractivity contribution in [3.63, 3.8) is 0 Å². The Labute approximate surface area is 122 Å². The van der Waals surface area contributed by atoms with Crippen molar-refractivity contribution in [2.24, 2.45) is 0 Å². The molecule has 0 aliphatic rings. The van der Waals surface area contributed by atoms with Crippen molar-refractivity contribution in [1.29, 1.82) is 0 Å². The number of hydrogen-bond donors (Lipinski definition) is 1. The molecule has 0 aliphatic carbocycles. The number of nitrogens with zero attached hydrogens (tertiary/aromatic N) is 3. The van der Waals surface area contributed by atoms with Gasteiger partial charge in [-0.1, -0.05) is 0 Å². The zero-order valence-electron chi connectivity index (χ0n) is 10.4. The summed E-state index contributed by atoms with van der Waals surface area (Å²) < 4.78 is 8.98. The lowest BCUT2D eigenvalue weighted by Gasteiger charge is -1.99.